The van der Waals surface area contributed by atoms with Crippen molar-refractivity contribution in [2.75, 3.05) is 11.9 Å². The molecule has 1 heterocycles. The van der Waals surface area contributed by atoms with Crippen molar-refractivity contribution in [3.05, 3.63) is 58.6 Å². The highest BCUT2D eigenvalue weighted by molar-refractivity contribution is 9.10. The van der Waals surface area contributed by atoms with Crippen molar-refractivity contribution in [2.45, 2.75) is 6.92 Å². The largest absolute Gasteiger partial charge is 0.494 e. The molecule has 3 rings (SSSR count). The van der Waals surface area contributed by atoms with E-state index in [1.54, 1.807) is 18.2 Å². The van der Waals surface area contributed by atoms with Gasteiger partial charge in [-0.2, -0.15) is 9.36 Å². The average molecular weight is 404 g/mol. The molecule has 1 aromatic heterocycles. The lowest BCUT2D eigenvalue weighted by Gasteiger charge is -2.05. The number of nitrogens with one attached hydrogen (secondary N) is 1. The van der Waals surface area contributed by atoms with Crippen LogP contribution in [0.3, 0.4) is 0 Å². The van der Waals surface area contributed by atoms with E-state index in [4.69, 9.17) is 4.74 Å². The van der Waals surface area contributed by atoms with Crippen molar-refractivity contribution in [3.8, 4) is 17.1 Å². The second-order valence-electron chi connectivity index (χ2n) is 4.84. The van der Waals surface area contributed by atoms with Crippen molar-refractivity contribution in [3.63, 3.8) is 0 Å². The summed E-state index contributed by atoms with van der Waals surface area (Å²) < 4.78 is 10.7. The van der Waals surface area contributed by atoms with Crippen LogP contribution in [-0.4, -0.2) is 21.9 Å². The van der Waals surface area contributed by atoms with E-state index in [2.05, 4.69) is 30.6 Å². The van der Waals surface area contributed by atoms with E-state index in [1.165, 1.54) is 0 Å². The summed E-state index contributed by atoms with van der Waals surface area (Å²) in [6.07, 6.45) is 0. The molecule has 5 nitrogen and oxygen atoms in total. The second-order valence-corrected chi connectivity index (χ2v) is 6.51. The van der Waals surface area contributed by atoms with Crippen LogP contribution in [0.2, 0.25) is 0 Å². The summed E-state index contributed by atoms with van der Waals surface area (Å²) in [5, 5.41) is 3.23. The Balaban J connectivity index is 1.73. The maximum Gasteiger partial charge on any atom is 0.257 e. The monoisotopic (exact) mass is 403 g/mol. The Morgan fingerprint density at radius 1 is 1.25 bits per heavy atom. The first-order valence-electron chi connectivity index (χ1n) is 7.29. The zero-order chi connectivity index (χ0) is 16.9. The third-order valence-corrected chi connectivity index (χ3v) is 4.32. The van der Waals surface area contributed by atoms with Crippen LogP contribution in [0, 0.1) is 0 Å². The molecule has 1 amide bonds. The highest BCUT2D eigenvalue weighted by Gasteiger charge is 2.12. The molecule has 0 radical (unpaired) electrons. The number of hydrogen-bond donors (Lipinski definition) is 1. The van der Waals surface area contributed by atoms with Crippen molar-refractivity contribution in [2.24, 2.45) is 0 Å². The second kappa shape index (κ2) is 7.55. The molecule has 1 N–H and O–H groups in total. The molecule has 0 spiro atoms. The molecule has 0 saturated carbocycles. The predicted octanol–water partition coefficient (Wildman–Crippen LogP) is 4.62. The van der Waals surface area contributed by atoms with Gasteiger partial charge in [0.25, 0.3) is 5.91 Å². The first-order chi connectivity index (χ1) is 11.7. The Morgan fingerprint density at radius 3 is 2.79 bits per heavy atom. The number of ether oxygens (including phenoxy) is 1. The number of carbonyl (C=O) groups is 1. The zero-order valence-corrected chi connectivity index (χ0v) is 15.2. The molecule has 7 heteroatoms. The molecule has 0 aliphatic carbocycles. The fraction of sp³-hybridized carbons (Fsp3) is 0.118. The number of anilines is 1. The van der Waals surface area contributed by atoms with Gasteiger partial charge in [-0.15, -0.1) is 0 Å². The summed E-state index contributed by atoms with van der Waals surface area (Å²) in [7, 11) is 0. The molecule has 2 aromatic carbocycles. The van der Waals surface area contributed by atoms with Gasteiger partial charge in [-0.25, -0.2) is 0 Å². The number of benzene rings is 2. The normalized spacial score (nSPS) is 10.4. The van der Waals surface area contributed by atoms with Crippen LogP contribution in [0.5, 0.6) is 5.75 Å². The summed E-state index contributed by atoms with van der Waals surface area (Å²) in [5.74, 6) is 1.01. The van der Waals surface area contributed by atoms with Crippen LogP contribution < -0.4 is 10.1 Å². The molecular formula is C17H14BrN3O2S. The van der Waals surface area contributed by atoms with E-state index in [1.807, 2.05) is 37.3 Å². The molecule has 0 aliphatic rings. The lowest BCUT2D eigenvalue weighted by Crippen LogP contribution is -2.11. The topological polar surface area (TPSA) is 64.1 Å². The molecule has 122 valence electrons. The van der Waals surface area contributed by atoms with Gasteiger partial charge in [-0.1, -0.05) is 34.1 Å². The van der Waals surface area contributed by atoms with Gasteiger partial charge in [-0.3, -0.25) is 10.1 Å². The van der Waals surface area contributed by atoms with Crippen LogP contribution in [0.15, 0.2) is 53.0 Å². The molecule has 24 heavy (non-hydrogen) atoms. The number of amides is 1. The minimum atomic E-state index is -0.241. The molecule has 0 bridgehead atoms. The average Bonchev–Trinajstić information content (AvgIpc) is 3.04. The Labute approximate surface area is 152 Å². The van der Waals surface area contributed by atoms with Gasteiger partial charge in [0.15, 0.2) is 5.82 Å². The Hall–Kier alpha value is -2.25. The Morgan fingerprint density at radius 2 is 2.04 bits per heavy atom. The summed E-state index contributed by atoms with van der Waals surface area (Å²) in [4.78, 5) is 16.7. The highest BCUT2D eigenvalue weighted by Crippen LogP contribution is 2.23. The smallest absolute Gasteiger partial charge is 0.257 e. The number of aromatic nitrogens is 2. The lowest BCUT2D eigenvalue weighted by atomic mass is 10.2. The number of halogens is 1. The van der Waals surface area contributed by atoms with Crippen molar-refractivity contribution in [1.29, 1.82) is 0 Å². The van der Waals surface area contributed by atoms with Gasteiger partial charge in [0.1, 0.15) is 5.75 Å². The highest BCUT2D eigenvalue weighted by atomic mass is 79.9. The van der Waals surface area contributed by atoms with Gasteiger partial charge in [-0.05, 0) is 37.3 Å². The van der Waals surface area contributed by atoms with E-state index < -0.39 is 0 Å². The van der Waals surface area contributed by atoms with E-state index in [0.29, 0.717) is 28.9 Å². The lowest BCUT2D eigenvalue weighted by molar-refractivity contribution is 0.102. The van der Waals surface area contributed by atoms with E-state index in [0.717, 1.165) is 21.6 Å². The fourth-order valence-corrected chi connectivity index (χ4v) is 2.90. The van der Waals surface area contributed by atoms with E-state index in [-0.39, 0.29) is 5.91 Å². The number of rotatable bonds is 5. The zero-order valence-electron chi connectivity index (χ0n) is 12.8. The summed E-state index contributed by atoms with van der Waals surface area (Å²) >= 11 is 4.54. The quantitative estimate of drug-likeness (QED) is 0.674. The minimum Gasteiger partial charge on any atom is -0.494 e. The summed E-state index contributed by atoms with van der Waals surface area (Å²) in [6, 6.07) is 14.7. The van der Waals surface area contributed by atoms with Gasteiger partial charge in [0, 0.05) is 27.1 Å². The summed E-state index contributed by atoms with van der Waals surface area (Å²) in [5.41, 5.74) is 1.41. The maximum atomic E-state index is 12.3. The first-order valence-corrected chi connectivity index (χ1v) is 8.86. The van der Waals surface area contributed by atoms with Crippen LogP contribution in [0.25, 0.3) is 11.4 Å². The van der Waals surface area contributed by atoms with Crippen LogP contribution in [0.4, 0.5) is 5.13 Å². The summed E-state index contributed by atoms with van der Waals surface area (Å²) in [6.45, 7) is 2.45. The molecule has 0 saturated heterocycles. The molecule has 0 aliphatic heterocycles. The van der Waals surface area contributed by atoms with Crippen LogP contribution in [-0.2, 0) is 0 Å². The third-order valence-electron chi connectivity index (χ3n) is 3.16. The van der Waals surface area contributed by atoms with E-state index in [9.17, 15) is 4.79 Å². The fourth-order valence-electron chi connectivity index (χ4n) is 2.05. The number of hydrogen-bond acceptors (Lipinski definition) is 5. The minimum absolute atomic E-state index is 0.241. The SMILES string of the molecule is CCOc1cccc(C(=O)Nc2nc(-c3ccc(Br)cc3)ns2)c1. The van der Waals surface area contributed by atoms with Gasteiger partial charge < -0.3 is 4.74 Å². The van der Waals surface area contributed by atoms with Crippen LogP contribution >= 0.6 is 27.5 Å². The third kappa shape index (κ3) is 3.98. The van der Waals surface area contributed by atoms with Crippen molar-refractivity contribution >= 4 is 38.5 Å². The predicted molar refractivity (Wildman–Crippen MR) is 98.6 cm³/mol. The van der Waals surface area contributed by atoms with Gasteiger partial charge in [0.05, 0.1) is 6.61 Å². The number of carbonyl (C=O) groups excluding carboxylic acids is 1. The first kappa shape index (κ1) is 16.6. The molecular weight excluding hydrogens is 390 g/mol. The Bertz CT molecular complexity index is 849. The maximum absolute atomic E-state index is 12.3. The number of nitrogens with zero attached hydrogens (tertiary/aromatic N) is 2. The molecule has 3 aromatic rings. The van der Waals surface area contributed by atoms with E-state index >= 15 is 0 Å². The van der Waals surface area contributed by atoms with Crippen LogP contribution in [0.1, 0.15) is 17.3 Å². The van der Waals surface area contributed by atoms with Crippen molar-refractivity contribution in [1.82, 2.24) is 9.36 Å². The van der Waals surface area contributed by atoms with Crippen molar-refractivity contribution < 1.29 is 9.53 Å². The van der Waals surface area contributed by atoms with Gasteiger partial charge in [0.2, 0.25) is 5.13 Å². The molecule has 0 unspecified atom stereocenters. The molecule has 0 fully saturated rings. The Kier molecular flexibility index (Phi) is 5.22. The standard InChI is InChI=1S/C17H14BrN3O2S/c1-2-23-14-5-3-4-12(10-14)16(22)20-17-19-15(21-24-17)11-6-8-13(18)9-7-11/h3-10H,2H2,1H3,(H,19,20,21,22). The van der Waals surface area contributed by atoms with Gasteiger partial charge >= 0.3 is 0 Å². The molecule has 0 atom stereocenters.